The van der Waals surface area contributed by atoms with Crippen molar-refractivity contribution >= 4 is 11.6 Å². The fourth-order valence-corrected chi connectivity index (χ4v) is 4.97. The van der Waals surface area contributed by atoms with Crippen LogP contribution in [0, 0.1) is 10.4 Å². The van der Waals surface area contributed by atoms with E-state index in [1.54, 1.807) is 16.7 Å². The predicted octanol–water partition coefficient (Wildman–Crippen LogP) is 4.70. The number of nitrogens with one attached hydrogen (secondary N) is 1. The lowest BCUT2D eigenvalue weighted by Crippen LogP contribution is -2.23. The SMILES string of the molecule is C1=CCNC=C1.C1=c2ccccc2=c2ccc3c(c2C1)CCCC=3Cc1ccccc1. The minimum atomic E-state index is 0.983. The fourth-order valence-electron chi connectivity index (χ4n) is 4.97. The van der Waals surface area contributed by atoms with Crippen molar-refractivity contribution in [2.75, 3.05) is 6.54 Å². The Labute approximate surface area is 184 Å². The summed E-state index contributed by atoms with van der Waals surface area (Å²) in [6, 6.07) is 24.5. The van der Waals surface area contributed by atoms with Crippen LogP contribution in [-0.4, -0.2) is 6.54 Å². The van der Waals surface area contributed by atoms with Crippen LogP contribution < -0.4 is 15.8 Å². The fraction of sp³-hybridized carbons (Fsp3) is 0.200. The highest BCUT2D eigenvalue weighted by molar-refractivity contribution is 5.56. The van der Waals surface area contributed by atoms with Gasteiger partial charge in [-0.1, -0.05) is 90.5 Å². The van der Waals surface area contributed by atoms with E-state index in [9.17, 15) is 0 Å². The summed E-state index contributed by atoms with van der Waals surface area (Å²) in [5.41, 5.74) is 6.23. The number of hydrogen-bond acceptors (Lipinski definition) is 1. The van der Waals surface area contributed by atoms with Crippen LogP contribution in [0.3, 0.4) is 0 Å². The summed E-state index contributed by atoms with van der Waals surface area (Å²) in [4.78, 5) is 0. The van der Waals surface area contributed by atoms with Gasteiger partial charge in [-0.15, -0.1) is 0 Å². The Hall–Kier alpha value is -3.32. The standard InChI is InChI=1S/C25H22.C5H7N/c1-2-7-18(8-3-1)17-20-10-6-12-23-22(20)15-16-24-21-11-5-4-9-19(21)13-14-25(23)24;1-2-4-6-5-3-1/h1-5,7-9,11,13,15-16H,6,10,12,14,17H2;1-4,6H,5H2. The second-order valence-corrected chi connectivity index (χ2v) is 8.43. The van der Waals surface area contributed by atoms with Crippen LogP contribution in [0.5, 0.6) is 0 Å². The maximum Gasteiger partial charge on any atom is 0.0328 e. The Morgan fingerprint density at radius 3 is 2.32 bits per heavy atom. The van der Waals surface area contributed by atoms with E-state index < -0.39 is 0 Å². The lowest BCUT2D eigenvalue weighted by Gasteiger charge is -2.20. The molecular weight excluding hydrogens is 374 g/mol. The normalized spacial score (nSPS) is 15.4. The van der Waals surface area contributed by atoms with Crippen LogP contribution in [0.1, 0.15) is 29.5 Å². The Bertz CT molecular complexity index is 1330. The van der Waals surface area contributed by atoms with Crippen LogP contribution in [0.4, 0.5) is 0 Å². The van der Waals surface area contributed by atoms with Gasteiger partial charge in [0.05, 0.1) is 0 Å². The van der Waals surface area contributed by atoms with Gasteiger partial charge in [0.15, 0.2) is 0 Å². The van der Waals surface area contributed by atoms with Gasteiger partial charge in [-0.25, -0.2) is 0 Å². The van der Waals surface area contributed by atoms with E-state index in [2.05, 4.69) is 84.2 Å². The molecule has 0 bridgehead atoms. The molecule has 1 heterocycles. The molecule has 2 aliphatic carbocycles. The minimum Gasteiger partial charge on any atom is -0.387 e. The monoisotopic (exact) mass is 403 g/mol. The van der Waals surface area contributed by atoms with Crippen molar-refractivity contribution in [2.24, 2.45) is 0 Å². The van der Waals surface area contributed by atoms with Gasteiger partial charge in [-0.2, -0.15) is 0 Å². The summed E-state index contributed by atoms with van der Waals surface area (Å²) in [7, 11) is 0. The molecular formula is C30H29N. The van der Waals surface area contributed by atoms with Gasteiger partial charge in [0, 0.05) is 6.54 Å². The molecule has 1 aliphatic heterocycles. The number of fused-ring (bicyclic) bond motifs is 4. The van der Waals surface area contributed by atoms with Crippen molar-refractivity contribution in [1.29, 1.82) is 0 Å². The van der Waals surface area contributed by atoms with Crippen LogP contribution in [0.2, 0.25) is 0 Å². The highest BCUT2D eigenvalue weighted by Crippen LogP contribution is 2.23. The largest absolute Gasteiger partial charge is 0.387 e. The van der Waals surface area contributed by atoms with Gasteiger partial charge in [-0.3, -0.25) is 0 Å². The van der Waals surface area contributed by atoms with Crippen LogP contribution >= 0.6 is 0 Å². The van der Waals surface area contributed by atoms with Crippen LogP contribution in [0.15, 0.2) is 91.2 Å². The molecule has 0 atom stereocenters. The summed E-state index contributed by atoms with van der Waals surface area (Å²) >= 11 is 0. The maximum atomic E-state index is 3.02. The smallest absolute Gasteiger partial charge is 0.0328 e. The summed E-state index contributed by atoms with van der Waals surface area (Å²) in [6.45, 7) is 0.983. The highest BCUT2D eigenvalue weighted by atomic mass is 14.8. The molecule has 0 aromatic heterocycles. The van der Waals surface area contributed by atoms with Crippen molar-refractivity contribution in [3.63, 3.8) is 0 Å². The average molecular weight is 404 g/mol. The third-order valence-corrected chi connectivity index (χ3v) is 6.45. The number of rotatable bonds is 2. The molecule has 0 radical (unpaired) electrons. The van der Waals surface area contributed by atoms with Gasteiger partial charge in [0.1, 0.15) is 0 Å². The summed E-state index contributed by atoms with van der Waals surface area (Å²) in [5.74, 6) is 0. The Morgan fingerprint density at radius 2 is 1.55 bits per heavy atom. The lowest BCUT2D eigenvalue weighted by atomic mass is 9.84. The molecule has 154 valence electrons. The quantitative estimate of drug-likeness (QED) is 0.654. The van der Waals surface area contributed by atoms with E-state index in [0.29, 0.717) is 0 Å². The minimum absolute atomic E-state index is 0.983. The predicted molar refractivity (Wildman–Crippen MR) is 131 cm³/mol. The molecule has 3 aromatic carbocycles. The molecule has 0 saturated carbocycles. The zero-order chi connectivity index (χ0) is 20.9. The second-order valence-electron chi connectivity index (χ2n) is 8.43. The molecule has 3 aliphatic rings. The van der Waals surface area contributed by atoms with Gasteiger partial charge in [0.25, 0.3) is 0 Å². The first kappa shape index (κ1) is 19.6. The maximum absolute atomic E-state index is 3.02. The zero-order valence-corrected chi connectivity index (χ0v) is 18.0. The van der Waals surface area contributed by atoms with E-state index in [0.717, 1.165) is 19.4 Å². The van der Waals surface area contributed by atoms with E-state index in [-0.39, 0.29) is 0 Å². The van der Waals surface area contributed by atoms with E-state index >= 15 is 0 Å². The summed E-state index contributed by atoms with van der Waals surface area (Å²) < 4.78 is 0. The lowest BCUT2D eigenvalue weighted by molar-refractivity contribution is 0.795. The molecule has 6 rings (SSSR count). The molecule has 31 heavy (non-hydrogen) atoms. The van der Waals surface area contributed by atoms with Crippen molar-refractivity contribution in [3.8, 4) is 0 Å². The van der Waals surface area contributed by atoms with Crippen LogP contribution in [-0.2, 0) is 19.3 Å². The van der Waals surface area contributed by atoms with E-state index in [4.69, 9.17) is 0 Å². The highest BCUT2D eigenvalue weighted by Gasteiger charge is 2.15. The molecule has 0 spiro atoms. The third-order valence-electron chi connectivity index (χ3n) is 6.45. The first-order valence-corrected chi connectivity index (χ1v) is 11.4. The second kappa shape index (κ2) is 9.22. The first-order valence-electron chi connectivity index (χ1n) is 11.4. The number of benzene rings is 3. The zero-order valence-electron chi connectivity index (χ0n) is 18.0. The number of hydrogen-bond donors (Lipinski definition) is 1. The van der Waals surface area contributed by atoms with Gasteiger partial charge in [0.2, 0.25) is 0 Å². The van der Waals surface area contributed by atoms with Crippen molar-refractivity contribution < 1.29 is 0 Å². The molecule has 1 N–H and O–H groups in total. The van der Waals surface area contributed by atoms with E-state index in [1.165, 1.54) is 45.7 Å². The number of allylic oxidation sites excluding steroid dienone is 2. The van der Waals surface area contributed by atoms with Gasteiger partial charge in [-0.05, 0) is 81.9 Å². The molecule has 0 amide bonds. The number of dihydropyridines is 1. The topological polar surface area (TPSA) is 12.0 Å². The summed E-state index contributed by atoms with van der Waals surface area (Å²) in [6.07, 6.45) is 16.3. The molecule has 0 unspecified atom stereocenters. The molecule has 0 saturated heterocycles. The molecule has 0 fully saturated rings. The Kier molecular flexibility index (Phi) is 5.84. The molecule has 1 nitrogen and oxygen atoms in total. The van der Waals surface area contributed by atoms with E-state index in [1.807, 2.05) is 18.4 Å². The third kappa shape index (κ3) is 4.27. The van der Waals surface area contributed by atoms with Gasteiger partial charge >= 0.3 is 0 Å². The summed E-state index contributed by atoms with van der Waals surface area (Å²) in [5, 5.41) is 8.80. The van der Waals surface area contributed by atoms with Gasteiger partial charge < -0.3 is 5.32 Å². The van der Waals surface area contributed by atoms with Crippen molar-refractivity contribution in [1.82, 2.24) is 5.32 Å². The van der Waals surface area contributed by atoms with Crippen molar-refractivity contribution in [3.05, 3.63) is 129 Å². The van der Waals surface area contributed by atoms with Crippen molar-refractivity contribution in [2.45, 2.75) is 32.1 Å². The molecule has 1 heteroatoms. The first-order chi connectivity index (χ1) is 15.4. The van der Waals surface area contributed by atoms with Crippen LogP contribution in [0.25, 0.3) is 11.6 Å². The average Bonchev–Trinajstić information content (AvgIpc) is 2.86. The Balaban J connectivity index is 0.000000296. The Morgan fingerprint density at radius 1 is 0.710 bits per heavy atom. The molecule has 3 aromatic rings.